The van der Waals surface area contributed by atoms with Crippen LogP contribution in [-0.2, 0) is 0 Å². The van der Waals surface area contributed by atoms with E-state index in [4.69, 9.17) is 11.6 Å². The van der Waals surface area contributed by atoms with Crippen molar-refractivity contribution in [3.05, 3.63) is 41.4 Å². The van der Waals surface area contributed by atoms with Gasteiger partial charge in [0.15, 0.2) is 0 Å². The molecule has 2 aliphatic carbocycles. The van der Waals surface area contributed by atoms with E-state index < -0.39 is 0 Å². The summed E-state index contributed by atoms with van der Waals surface area (Å²) in [6.07, 6.45) is 7.76. The van der Waals surface area contributed by atoms with Crippen molar-refractivity contribution in [1.82, 2.24) is 4.90 Å². The van der Waals surface area contributed by atoms with Crippen LogP contribution < -0.4 is 4.90 Å². The third kappa shape index (κ3) is 2.72. The van der Waals surface area contributed by atoms with E-state index in [-0.39, 0.29) is 0 Å². The lowest BCUT2D eigenvalue weighted by molar-refractivity contribution is 0.204. The number of allylic oxidation sites excluding steroid dienone is 2. The first-order valence-corrected chi connectivity index (χ1v) is 8.57. The molecule has 2 nitrogen and oxygen atoms in total. The van der Waals surface area contributed by atoms with Crippen LogP contribution in [0.4, 0.5) is 5.69 Å². The molecule has 0 N–H and O–H groups in total. The summed E-state index contributed by atoms with van der Waals surface area (Å²) in [5.74, 6) is 2.67. The van der Waals surface area contributed by atoms with Crippen molar-refractivity contribution in [2.24, 2.45) is 17.8 Å². The molecule has 3 heteroatoms. The highest BCUT2D eigenvalue weighted by Gasteiger charge is 2.36. The van der Waals surface area contributed by atoms with E-state index in [1.165, 1.54) is 38.2 Å². The number of halogens is 1. The van der Waals surface area contributed by atoms with Crippen molar-refractivity contribution in [2.75, 3.05) is 37.6 Å². The Morgan fingerprint density at radius 1 is 1.00 bits per heavy atom. The summed E-state index contributed by atoms with van der Waals surface area (Å²) in [4.78, 5) is 5.09. The zero-order valence-electron chi connectivity index (χ0n) is 12.4. The van der Waals surface area contributed by atoms with Gasteiger partial charge in [0.25, 0.3) is 0 Å². The summed E-state index contributed by atoms with van der Waals surface area (Å²) < 4.78 is 0. The number of hydrogen-bond donors (Lipinski definition) is 0. The number of rotatable bonds is 3. The Labute approximate surface area is 132 Å². The number of piperazine rings is 1. The Hall–Kier alpha value is -0.990. The van der Waals surface area contributed by atoms with Crippen LogP contribution in [0.1, 0.15) is 12.8 Å². The van der Waals surface area contributed by atoms with Gasteiger partial charge in [0.1, 0.15) is 0 Å². The van der Waals surface area contributed by atoms with Crippen LogP contribution >= 0.6 is 11.6 Å². The fourth-order valence-corrected chi connectivity index (χ4v) is 4.57. The van der Waals surface area contributed by atoms with Crippen LogP contribution in [0.15, 0.2) is 36.4 Å². The average Bonchev–Trinajstić information content (AvgIpc) is 3.11. The van der Waals surface area contributed by atoms with Crippen LogP contribution in [-0.4, -0.2) is 37.6 Å². The Balaban J connectivity index is 1.33. The smallest absolute Gasteiger partial charge is 0.0639 e. The largest absolute Gasteiger partial charge is 0.368 e. The number of fused-ring (bicyclic) bond motifs is 2. The molecule has 21 heavy (non-hydrogen) atoms. The quantitative estimate of drug-likeness (QED) is 0.786. The molecule has 1 aliphatic heterocycles. The lowest BCUT2D eigenvalue weighted by atomic mass is 9.93. The summed E-state index contributed by atoms with van der Waals surface area (Å²) in [7, 11) is 0. The van der Waals surface area contributed by atoms with Gasteiger partial charge >= 0.3 is 0 Å². The van der Waals surface area contributed by atoms with Crippen molar-refractivity contribution in [3.63, 3.8) is 0 Å². The van der Waals surface area contributed by atoms with E-state index in [1.807, 2.05) is 12.1 Å². The summed E-state index contributed by atoms with van der Waals surface area (Å²) >= 11 is 6.31. The number of nitrogens with zero attached hydrogens (tertiary/aromatic N) is 2. The van der Waals surface area contributed by atoms with Crippen molar-refractivity contribution >= 4 is 17.3 Å². The van der Waals surface area contributed by atoms with Gasteiger partial charge in [-0.3, -0.25) is 4.90 Å². The minimum absolute atomic E-state index is 0.872. The molecule has 112 valence electrons. The molecular formula is C18H23ClN2. The first kappa shape index (κ1) is 13.7. The van der Waals surface area contributed by atoms with Gasteiger partial charge in [0, 0.05) is 32.7 Å². The minimum Gasteiger partial charge on any atom is -0.368 e. The first-order chi connectivity index (χ1) is 10.3. The molecule has 0 radical (unpaired) electrons. The molecule has 3 aliphatic rings. The van der Waals surface area contributed by atoms with Crippen LogP contribution in [0.5, 0.6) is 0 Å². The van der Waals surface area contributed by atoms with Crippen molar-refractivity contribution in [3.8, 4) is 0 Å². The maximum Gasteiger partial charge on any atom is 0.0639 e. The SMILES string of the molecule is Clc1ccccc1N1CCN(C[C@H]2C[C@H]3C=C[C@@H]2C3)CC1. The van der Waals surface area contributed by atoms with Crippen molar-refractivity contribution in [1.29, 1.82) is 0 Å². The van der Waals surface area contributed by atoms with E-state index in [0.717, 1.165) is 35.9 Å². The van der Waals surface area contributed by atoms with Crippen LogP contribution in [0, 0.1) is 17.8 Å². The molecule has 3 atom stereocenters. The molecule has 0 unspecified atom stereocenters. The molecule has 4 rings (SSSR count). The van der Waals surface area contributed by atoms with Gasteiger partial charge in [0.05, 0.1) is 10.7 Å². The molecule has 2 bridgehead atoms. The first-order valence-electron chi connectivity index (χ1n) is 8.20. The lowest BCUT2D eigenvalue weighted by Crippen LogP contribution is -2.48. The second-order valence-electron chi connectivity index (χ2n) is 6.78. The molecule has 1 saturated carbocycles. The fourth-order valence-electron chi connectivity index (χ4n) is 4.32. The second-order valence-corrected chi connectivity index (χ2v) is 7.19. The van der Waals surface area contributed by atoms with Crippen LogP contribution in [0.2, 0.25) is 5.02 Å². The Morgan fingerprint density at radius 3 is 2.48 bits per heavy atom. The molecule has 0 aromatic heterocycles. The van der Waals surface area contributed by atoms with Gasteiger partial charge in [-0.05, 0) is 42.7 Å². The van der Waals surface area contributed by atoms with Gasteiger partial charge in [0.2, 0.25) is 0 Å². The molecule has 1 heterocycles. The van der Waals surface area contributed by atoms with E-state index in [1.54, 1.807) is 0 Å². The highest BCUT2D eigenvalue weighted by molar-refractivity contribution is 6.33. The fraction of sp³-hybridized carbons (Fsp3) is 0.556. The molecule has 0 spiro atoms. The van der Waals surface area contributed by atoms with Gasteiger partial charge in [-0.2, -0.15) is 0 Å². The molecular weight excluding hydrogens is 280 g/mol. The van der Waals surface area contributed by atoms with E-state index >= 15 is 0 Å². The average molecular weight is 303 g/mol. The molecule has 1 aromatic rings. The predicted octanol–water partition coefficient (Wildman–Crippen LogP) is 3.67. The van der Waals surface area contributed by atoms with Gasteiger partial charge < -0.3 is 4.90 Å². The number of hydrogen-bond acceptors (Lipinski definition) is 2. The lowest BCUT2D eigenvalue weighted by Gasteiger charge is -2.38. The predicted molar refractivity (Wildman–Crippen MR) is 88.9 cm³/mol. The van der Waals surface area contributed by atoms with Gasteiger partial charge in [-0.1, -0.05) is 35.9 Å². The molecule has 0 amide bonds. The standard InChI is InChI=1S/C18H23ClN2/c19-17-3-1-2-4-18(17)21-9-7-20(8-10-21)13-16-12-14-5-6-15(16)11-14/h1-6,14-16H,7-13H2/t14-,15+,16+/m0/s1. The van der Waals surface area contributed by atoms with Crippen molar-refractivity contribution < 1.29 is 0 Å². The third-order valence-electron chi connectivity index (χ3n) is 5.47. The van der Waals surface area contributed by atoms with Crippen LogP contribution in [0.3, 0.4) is 0 Å². The maximum atomic E-state index is 6.31. The zero-order chi connectivity index (χ0) is 14.2. The highest BCUT2D eigenvalue weighted by Crippen LogP contribution is 2.43. The summed E-state index contributed by atoms with van der Waals surface area (Å²) in [6, 6.07) is 8.21. The summed E-state index contributed by atoms with van der Waals surface area (Å²) in [5, 5.41) is 0.879. The zero-order valence-corrected chi connectivity index (χ0v) is 13.2. The van der Waals surface area contributed by atoms with Gasteiger partial charge in [-0.25, -0.2) is 0 Å². The number of anilines is 1. The van der Waals surface area contributed by atoms with Gasteiger partial charge in [-0.15, -0.1) is 0 Å². The Bertz CT molecular complexity index is 534. The second kappa shape index (κ2) is 5.66. The number of para-hydroxylation sites is 1. The third-order valence-corrected chi connectivity index (χ3v) is 5.79. The highest BCUT2D eigenvalue weighted by atomic mass is 35.5. The maximum absolute atomic E-state index is 6.31. The summed E-state index contributed by atoms with van der Waals surface area (Å²) in [5.41, 5.74) is 1.20. The summed E-state index contributed by atoms with van der Waals surface area (Å²) in [6.45, 7) is 5.83. The van der Waals surface area contributed by atoms with E-state index in [9.17, 15) is 0 Å². The van der Waals surface area contributed by atoms with E-state index in [2.05, 4.69) is 34.1 Å². The molecule has 2 fully saturated rings. The monoisotopic (exact) mass is 302 g/mol. The van der Waals surface area contributed by atoms with E-state index in [0.29, 0.717) is 0 Å². The Kier molecular flexibility index (Phi) is 3.68. The topological polar surface area (TPSA) is 6.48 Å². The normalized spacial score (nSPS) is 32.0. The number of benzene rings is 1. The molecule has 1 aromatic carbocycles. The Morgan fingerprint density at radius 2 is 1.81 bits per heavy atom. The van der Waals surface area contributed by atoms with Crippen molar-refractivity contribution in [2.45, 2.75) is 12.8 Å². The molecule has 1 saturated heterocycles. The minimum atomic E-state index is 0.872. The van der Waals surface area contributed by atoms with Crippen LogP contribution in [0.25, 0.3) is 0 Å².